The lowest BCUT2D eigenvalue weighted by molar-refractivity contribution is 0.425. The van der Waals surface area contributed by atoms with Crippen molar-refractivity contribution in [1.29, 1.82) is 0 Å². The third-order valence-corrected chi connectivity index (χ3v) is 2.37. The molecule has 1 rings (SSSR count). The van der Waals surface area contributed by atoms with Crippen molar-refractivity contribution in [2.75, 3.05) is 5.73 Å². The predicted octanol–water partition coefficient (Wildman–Crippen LogP) is -0.313. The van der Waals surface area contributed by atoms with Crippen molar-refractivity contribution in [1.82, 2.24) is 0 Å². The van der Waals surface area contributed by atoms with E-state index in [9.17, 15) is 0 Å². The van der Waals surface area contributed by atoms with Gasteiger partial charge in [-0.1, -0.05) is 0 Å². The van der Waals surface area contributed by atoms with Crippen LogP contribution in [0.25, 0.3) is 0 Å². The number of thiol groups is 1. The lowest BCUT2D eigenvalue weighted by atomic mass is 9.76. The Hall–Kier alpha value is -0.645. The van der Waals surface area contributed by atoms with E-state index in [1.54, 1.807) is 12.1 Å². The molecule has 1 aromatic rings. The molecular weight excluding hydrogens is 185 g/mol. The second kappa shape index (κ2) is 4.04. The summed E-state index contributed by atoms with van der Waals surface area (Å²) in [5.74, 6) is 0.538. The average molecular weight is 197 g/mol. The topological polar surface area (TPSA) is 66.5 Å². The van der Waals surface area contributed by atoms with E-state index in [1.165, 1.54) is 0 Å². The van der Waals surface area contributed by atoms with Gasteiger partial charge < -0.3 is 15.8 Å². The summed E-state index contributed by atoms with van der Waals surface area (Å²) < 4.78 is 0. The lowest BCUT2D eigenvalue weighted by Gasteiger charge is -2.10. The van der Waals surface area contributed by atoms with Crippen molar-refractivity contribution in [2.45, 2.75) is 12.7 Å². The fourth-order valence-corrected chi connectivity index (χ4v) is 1.59. The molecule has 5 heteroatoms. The van der Waals surface area contributed by atoms with Gasteiger partial charge in [-0.15, -0.1) is 0 Å². The molecule has 0 fully saturated rings. The fraction of sp³-hybridized carbons (Fsp3) is 0.250. The van der Waals surface area contributed by atoms with Crippen LogP contribution in [0.3, 0.4) is 0 Å². The Labute approximate surface area is 83.1 Å². The van der Waals surface area contributed by atoms with Crippen molar-refractivity contribution in [3.8, 4) is 0 Å². The minimum atomic E-state index is -1.47. The van der Waals surface area contributed by atoms with Crippen molar-refractivity contribution in [3.63, 3.8) is 0 Å². The van der Waals surface area contributed by atoms with Gasteiger partial charge in [0.05, 0.1) is 0 Å². The summed E-state index contributed by atoms with van der Waals surface area (Å²) in [5.41, 5.74) is 8.31. The smallest absolute Gasteiger partial charge is 0.423 e. The lowest BCUT2D eigenvalue weighted by Crippen LogP contribution is -2.33. The highest BCUT2D eigenvalue weighted by atomic mass is 32.1. The molecule has 0 saturated carbocycles. The second-order valence-corrected chi connectivity index (χ2v) is 3.24. The van der Waals surface area contributed by atoms with E-state index >= 15 is 0 Å². The van der Waals surface area contributed by atoms with Crippen LogP contribution < -0.4 is 11.2 Å². The molecule has 3 nitrogen and oxygen atoms in total. The van der Waals surface area contributed by atoms with Gasteiger partial charge in [0.25, 0.3) is 0 Å². The summed E-state index contributed by atoms with van der Waals surface area (Å²) in [7, 11) is -1.47. The Bertz CT molecular complexity index is 317. The molecule has 0 unspecified atom stereocenters. The molecular formula is C8H12BNO2S. The Balaban J connectivity index is 3.27. The molecule has 0 radical (unpaired) electrons. The van der Waals surface area contributed by atoms with Crippen molar-refractivity contribution in [2.24, 2.45) is 0 Å². The Kier molecular flexibility index (Phi) is 3.25. The first-order chi connectivity index (χ1) is 6.06. The number of nitrogens with two attached hydrogens (primary N) is 1. The molecule has 0 aliphatic rings. The average Bonchev–Trinajstić information content (AvgIpc) is 2.08. The van der Waals surface area contributed by atoms with Crippen LogP contribution in [-0.4, -0.2) is 17.2 Å². The fourth-order valence-electron chi connectivity index (χ4n) is 1.26. The van der Waals surface area contributed by atoms with Crippen molar-refractivity contribution >= 4 is 30.9 Å². The number of rotatable bonds is 2. The maximum absolute atomic E-state index is 9.02. The third kappa shape index (κ3) is 2.18. The first-order valence-electron chi connectivity index (χ1n) is 3.92. The number of hydrogen-bond acceptors (Lipinski definition) is 4. The molecule has 0 aromatic heterocycles. The Morgan fingerprint density at radius 2 is 2.08 bits per heavy atom. The Morgan fingerprint density at radius 3 is 2.54 bits per heavy atom. The monoisotopic (exact) mass is 197 g/mol. The van der Waals surface area contributed by atoms with Gasteiger partial charge in [0.1, 0.15) is 0 Å². The van der Waals surface area contributed by atoms with E-state index in [-0.39, 0.29) is 0 Å². The molecule has 70 valence electrons. The van der Waals surface area contributed by atoms with Gasteiger partial charge in [0.2, 0.25) is 0 Å². The molecule has 0 saturated heterocycles. The van der Waals surface area contributed by atoms with Gasteiger partial charge >= 0.3 is 7.12 Å². The quantitative estimate of drug-likeness (QED) is 0.298. The van der Waals surface area contributed by atoms with Gasteiger partial charge in [0.15, 0.2) is 0 Å². The van der Waals surface area contributed by atoms with Gasteiger partial charge in [-0.25, -0.2) is 0 Å². The van der Waals surface area contributed by atoms with Crippen LogP contribution in [0.5, 0.6) is 0 Å². The highest BCUT2D eigenvalue weighted by Gasteiger charge is 2.16. The molecule has 13 heavy (non-hydrogen) atoms. The molecule has 0 aliphatic carbocycles. The molecule has 0 amide bonds. The number of benzene rings is 1. The van der Waals surface area contributed by atoms with Crippen LogP contribution in [0.2, 0.25) is 0 Å². The van der Waals surface area contributed by atoms with E-state index in [4.69, 9.17) is 15.8 Å². The maximum atomic E-state index is 9.02. The number of nitrogen functional groups attached to an aromatic ring is 1. The minimum Gasteiger partial charge on any atom is -0.423 e. The first kappa shape index (κ1) is 10.4. The van der Waals surface area contributed by atoms with Gasteiger partial charge in [-0.2, -0.15) is 12.6 Å². The zero-order chi connectivity index (χ0) is 10.0. The minimum absolute atomic E-state index is 0.448. The second-order valence-electron chi connectivity index (χ2n) is 2.93. The normalized spacial score (nSPS) is 10.2. The molecule has 4 N–H and O–H groups in total. The van der Waals surface area contributed by atoms with E-state index in [2.05, 4.69) is 12.6 Å². The predicted molar refractivity (Wildman–Crippen MR) is 58.1 cm³/mol. The molecule has 0 aliphatic heterocycles. The highest BCUT2D eigenvalue weighted by molar-refractivity contribution is 7.79. The molecule has 0 heterocycles. The van der Waals surface area contributed by atoms with Gasteiger partial charge in [-0.3, -0.25) is 0 Å². The summed E-state index contributed by atoms with van der Waals surface area (Å²) in [6, 6.07) is 3.35. The SMILES string of the molecule is Cc1c(CS)cc(N)cc1B(O)O. The summed E-state index contributed by atoms with van der Waals surface area (Å²) in [5, 5.41) is 18.0. The highest BCUT2D eigenvalue weighted by Crippen LogP contribution is 2.13. The van der Waals surface area contributed by atoms with Crippen LogP contribution >= 0.6 is 12.6 Å². The van der Waals surface area contributed by atoms with Gasteiger partial charge in [0, 0.05) is 11.4 Å². The molecule has 0 atom stereocenters. The zero-order valence-corrected chi connectivity index (χ0v) is 8.25. The first-order valence-corrected chi connectivity index (χ1v) is 4.55. The van der Waals surface area contributed by atoms with E-state index < -0.39 is 7.12 Å². The van der Waals surface area contributed by atoms with Crippen LogP contribution in [-0.2, 0) is 5.75 Å². The number of hydrogen-bond donors (Lipinski definition) is 4. The maximum Gasteiger partial charge on any atom is 0.488 e. The molecule has 0 bridgehead atoms. The Morgan fingerprint density at radius 1 is 1.46 bits per heavy atom. The standard InChI is InChI=1S/C8H12BNO2S/c1-5-6(4-13)2-7(10)3-8(5)9(11)12/h2-3,11-13H,4,10H2,1H3. The van der Waals surface area contributed by atoms with Crippen LogP contribution in [0.4, 0.5) is 5.69 Å². The third-order valence-electron chi connectivity index (χ3n) is 2.03. The summed E-state index contributed by atoms with van der Waals surface area (Å²) in [6.07, 6.45) is 0. The summed E-state index contributed by atoms with van der Waals surface area (Å²) in [6.45, 7) is 1.82. The summed E-state index contributed by atoms with van der Waals surface area (Å²) >= 11 is 4.12. The van der Waals surface area contributed by atoms with Gasteiger partial charge in [-0.05, 0) is 35.6 Å². The zero-order valence-electron chi connectivity index (χ0n) is 7.36. The largest absolute Gasteiger partial charge is 0.488 e. The van der Waals surface area contributed by atoms with E-state index in [0.29, 0.717) is 16.9 Å². The van der Waals surface area contributed by atoms with Crippen LogP contribution in [0.15, 0.2) is 12.1 Å². The number of anilines is 1. The van der Waals surface area contributed by atoms with Crippen LogP contribution in [0.1, 0.15) is 11.1 Å². The van der Waals surface area contributed by atoms with E-state index in [0.717, 1.165) is 11.1 Å². The van der Waals surface area contributed by atoms with E-state index in [1.807, 2.05) is 6.92 Å². The molecule has 1 aromatic carbocycles. The summed E-state index contributed by atoms with van der Waals surface area (Å²) in [4.78, 5) is 0. The van der Waals surface area contributed by atoms with Crippen molar-refractivity contribution < 1.29 is 10.0 Å². The van der Waals surface area contributed by atoms with Crippen LogP contribution in [0, 0.1) is 6.92 Å². The molecule has 0 spiro atoms. The van der Waals surface area contributed by atoms with Crippen molar-refractivity contribution in [3.05, 3.63) is 23.3 Å².